The van der Waals surface area contributed by atoms with Gasteiger partial charge in [0.05, 0.1) is 32.2 Å². The second-order valence-electron chi connectivity index (χ2n) is 4.67. The number of nitrogens with one attached hydrogen (secondary N) is 1. The van der Waals surface area contributed by atoms with Gasteiger partial charge < -0.3 is 14.6 Å². The third-order valence-electron chi connectivity index (χ3n) is 3.13. The molecule has 0 atom stereocenters. The number of nitrogens with zero attached hydrogens (tertiary/aromatic N) is 3. The number of carboxylic acid groups (broad SMARTS) is 1. The number of carbonyl (C=O) groups is 2. The van der Waals surface area contributed by atoms with Crippen LogP contribution in [0.2, 0.25) is 0 Å². The van der Waals surface area contributed by atoms with E-state index in [2.05, 4.69) is 15.6 Å². The lowest BCUT2D eigenvalue weighted by Gasteiger charge is -2.12. The Hall–Kier alpha value is -3.36. The van der Waals surface area contributed by atoms with E-state index in [1.807, 2.05) is 0 Å². The molecular formula is C15H16N4O5. The highest BCUT2D eigenvalue weighted by molar-refractivity contribution is 6.02. The Kier molecular flexibility index (Phi) is 5.15. The van der Waals surface area contributed by atoms with E-state index in [0.717, 1.165) is 0 Å². The molecule has 0 aliphatic carbocycles. The van der Waals surface area contributed by atoms with Crippen molar-refractivity contribution in [2.75, 3.05) is 14.2 Å². The number of methoxy groups -OCH3 is 2. The molecule has 0 radical (unpaired) electrons. The molecule has 0 spiro atoms. The van der Waals surface area contributed by atoms with Gasteiger partial charge in [0.1, 0.15) is 5.56 Å². The monoisotopic (exact) mass is 332 g/mol. The van der Waals surface area contributed by atoms with Gasteiger partial charge in [-0.2, -0.15) is 10.2 Å². The van der Waals surface area contributed by atoms with Crippen LogP contribution in [-0.4, -0.2) is 47.2 Å². The molecule has 0 aliphatic heterocycles. The molecule has 0 saturated carbocycles. The molecule has 0 unspecified atom stereocenters. The molecule has 126 valence electrons. The summed E-state index contributed by atoms with van der Waals surface area (Å²) in [6, 6.07) is 3.06. The molecular weight excluding hydrogens is 316 g/mol. The number of ether oxygens (including phenoxy) is 2. The van der Waals surface area contributed by atoms with E-state index in [4.69, 9.17) is 9.47 Å². The first kappa shape index (κ1) is 17.0. The zero-order chi connectivity index (χ0) is 17.7. The summed E-state index contributed by atoms with van der Waals surface area (Å²) in [5.41, 5.74) is 2.78. The lowest BCUT2D eigenvalue weighted by atomic mass is 10.1. The van der Waals surface area contributed by atoms with Gasteiger partial charge in [-0.25, -0.2) is 10.2 Å². The van der Waals surface area contributed by atoms with E-state index >= 15 is 0 Å². The van der Waals surface area contributed by atoms with Crippen molar-refractivity contribution in [3.8, 4) is 11.5 Å². The van der Waals surface area contributed by atoms with E-state index in [0.29, 0.717) is 5.56 Å². The topological polar surface area (TPSA) is 115 Å². The first-order valence-electron chi connectivity index (χ1n) is 6.78. The van der Waals surface area contributed by atoms with Gasteiger partial charge in [-0.3, -0.25) is 9.48 Å². The van der Waals surface area contributed by atoms with Crippen LogP contribution < -0.4 is 14.9 Å². The Bertz CT molecular complexity index is 797. The average molecular weight is 332 g/mol. The Morgan fingerprint density at radius 1 is 1.33 bits per heavy atom. The van der Waals surface area contributed by atoms with Gasteiger partial charge >= 0.3 is 5.97 Å². The van der Waals surface area contributed by atoms with Crippen molar-refractivity contribution in [3.05, 3.63) is 41.2 Å². The maximum atomic E-state index is 11.9. The summed E-state index contributed by atoms with van der Waals surface area (Å²) >= 11 is 0. The van der Waals surface area contributed by atoms with Crippen molar-refractivity contribution in [1.29, 1.82) is 0 Å². The molecule has 0 bridgehead atoms. The molecule has 2 rings (SSSR count). The van der Waals surface area contributed by atoms with Gasteiger partial charge in [0.25, 0.3) is 5.91 Å². The van der Waals surface area contributed by atoms with E-state index in [1.54, 1.807) is 13.1 Å². The predicted octanol–water partition coefficient (Wildman–Crippen LogP) is 0.899. The fourth-order valence-corrected chi connectivity index (χ4v) is 2.03. The second kappa shape index (κ2) is 7.27. The Morgan fingerprint density at radius 2 is 2.08 bits per heavy atom. The minimum atomic E-state index is -1.20. The standard InChI is InChI=1S/C15H16N4O5/c1-19-8-10(7-17-19)14(20)18-16-6-9-4-5-11(23-2)13(24-3)12(9)15(21)22/h4-8H,1-3H3,(H,18,20)(H,21,22). The van der Waals surface area contributed by atoms with Crippen LogP contribution in [0.5, 0.6) is 11.5 Å². The molecule has 1 heterocycles. The van der Waals surface area contributed by atoms with Gasteiger partial charge in [-0.1, -0.05) is 0 Å². The second-order valence-corrected chi connectivity index (χ2v) is 4.67. The third kappa shape index (κ3) is 3.51. The highest BCUT2D eigenvalue weighted by Gasteiger charge is 2.20. The van der Waals surface area contributed by atoms with Crippen LogP contribution >= 0.6 is 0 Å². The van der Waals surface area contributed by atoms with Gasteiger partial charge in [-0.05, 0) is 12.1 Å². The summed E-state index contributed by atoms with van der Waals surface area (Å²) in [6.07, 6.45) is 4.15. The van der Waals surface area contributed by atoms with E-state index in [1.165, 1.54) is 43.6 Å². The minimum absolute atomic E-state index is 0.0764. The van der Waals surface area contributed by atoms with Crippen LogP contribution in [0.1, 0.15) is 26.3 Å². The Labute approximate surface area is 137 Å². The van der Waals surface area contributed by atoms with Crippen molar-refractivity contribution in [3.63, 3.8) is 0 Å². The normalized spacial score (nSPS) is 10.6. The molecule has 1 amide bonds. The zero-order valence-electron chi connectivity index (χ0n) is 13.3. The van der Waals surface area contributed by atoms with Gasteiger partial charge in [0, 0.05) is 18.8 Å². The van der Waals surface area contributed by atoms with Gasteiger partial charge in [0.2, 0.25) is 0 Å². The zero-order valence-corrected chi connectivity index (χ0v) is 13.3. The predicted molar refractivity (Wildman–Crippen MR) is 84.8 cm³/mol. The number of hydrogen-bond acceptors (Lipinski definition) is 6. The summed E-state index contributed by atoms with van der Waals surface area (Å²) in [5, 5.41) is 17.0. The number of rotatable bonds is 6. The Balaban J connectivity index is 2.25. The van der Waals surface area contributed by atoms with Crippen molar-refractivity contribution < 1.29 is 24.2 Å². The number of aromatic nitrogens is 2. The van der Waals surface area contributed by atoms with Crippen molar-refractivity contribution in [2.24, 2.45) is 12.1 Å². The van der Waals surface area contributed by atoms with Crippen LogP contribution in [0, 0.1) is 0 Å². The smallest absolute Gasteiger partial charge is 0.340 e. The van der Waals surface area contributed by atoms with Crippen molar-refractivity contribution >= 4 is 18.1 Å². The molecule has 1 aromatic carbocycles. The number of benzene rings is 1. The van der Waals surface area contributed by atoms with Crippen LogP contribution in [0.3, 0.4) is 0 Å². The molecule has 2 N–H and O–H groups in total. The van der Waals surface area contributed by atoms with E-state index in [-0.39, 0.29) is 22.6 Å². The molecule has 24 heavy (non-hydrogen) atoms. The first-order chi connectivity index (χ1) is 11.5. The number of hydrazone groups is 1. The summed E-state index contributed by atoms with van der Waals surface area (Å²) in [4.78, 5) is 23.3. The van der Waals surface area contributed by atoms with Crippen LogP contribution in [0.25, 0.3) is 0 Å². The summed E-state index contributed by atoms with van der Waals surface area (Å²) in [7, 11) is 4.43. The molecule has 0 aliphatic rings. The number of carboxylic acids is 1. The average Bonchev–Trinajstić information content (AvgIpc) is 3.00. The van der Waals surface area contributed by atoms with Crippen molar-refractivity contribution in [1.82, 2.24) is 15.2 Å². The maximum Gasteiger partial charge on any atom is 0.340 e. The fraction of sp³-hybridized carbons (Fsp3) is 0.200. The molecule has 0 fully saturated rings. The molecule has 1 aromatic heterocycles. The third-order valence-corrected chi connectivity index (χ3v) is 3.13. The van der Waals surface area contributed by atoms with Crippen molar-refractivity contribution in [2.45, 2.75) is 0 Å². The number of aryl methyl sites for hydroxylation is 1. The number of aromatic carboxylic acids is 1. The van der Waals surface area contributed by atoms with Gasteiger partial charge in [0.15, 0.2) is 11.5 Å². The quantitative estimate of drug-likeness (QED) is 0.600. The first-order valence-corrected chi connectivity index (χ1v) is 6.78. The van der Waals surface area contributed by atoms with Crippen LogP contribution in [0.15, 0.2) is 29.6 Å². The largest absolute Gasteiger partial charge is 0.493 e. The number of carbonyl (C=O) groups excluding carboxylic acids is 1. The fourth-order valence-electron chi connectivity index (χ4n) is 2.03. The summed E-state index contributed by atoms with van der Waals surface area (Å²) in [6.45, 7) is 0. The van der Waals surface area contributed by atoms with Crippen LogP contribution in [0.4, 0.5) is 0 Å². The SMILES string of the molecule is COc1ccc(C=NNC(=O)c2cnn(C)c2)c(C(=O)O)c1OC. The molecule has 0 saturated heterocycles. The number of hydrogen-bond donors (Lipinski definition) is 2. The minimum Gasteiger partial charge on any atom is -0.493 e. The maximum absolute atomic E-state index is 11.9. The molecule has 9 heteroatoms. The van der Waals surface area contributed by atoms with E-state index < -0.39 is 11.9 Å². The lowest BCUT2D eigenvalue weighted by Crippen LogP contribution is -2.17. The summed E-state index contributed by atoms with van der Waals surface area (Å²) < 4.78 is 11.7. The highest BCUT2D eigenvalue weighted by Crippen LogP contribution is 2.32. The Morgan fingerprint density at radius 3 is 2.62 bits per heavy atom. The number of amides is 1. The van der Waals surface area contributed by atoms with Crippen LogP contribution in [-0.2, 0) is 7.05 Å². The molecule has 9 nitrogen and oxygen atoms in total. The highest BCUT2D eigenvalue weighted by atomic mass is 16.5. The summed E-state index contributed by atoms with van der Waals surface area (Å²) in [5.74, 6) is -1.30. The van der Waals surface area contributed by atoms with Gasteiger partial charge in [-0.15, -0.1) is 0 Å². The van der Waals surface area contributed by atoms with E-state index in [9.17, 15) is 14.7 Å². The molecule has 2 aromatic rings. The lowest BCUT2D eigenvalue weighted by molar-refractivity contribution is 0.0692.